The van der Waals surface area contributed by atoms with Gasteiger partial charge in [-0.05, 0) is 40.5 Å². The highest BCUT2D eigenvalue weighted by molar-refractivity contribution is 5.97. The molecule has 0 aliphatic carbocycles. The molecule has 0 aliphatic rings. The van der Waals surface area contributed by atoms with Crippen LogP contribution < -0.4 is 16.2 Å². The van der Waals surface area contributed by atoms with Gasteiger partial charge in [-0.2, -0.15) is 0 Å². The number of aromatic nitrogens is 1. The van der Waals surface area contributed by atoms with E-state index < -0.39 is 18.0 Å². The van der Waals surface area contributed by atoms with E-state index in [9.17, 15) is 14.4 Å². The number of anilines is 1. The number of carbonyl (C=O) groups is 2. The van der Waals surface area contributed by atoms with Crippen molar-refractivity contribution in [2.45, 2.75) is 12.6 Å². The van der Waals surface area contributed by atoms with E-state index in [2.05, 4.69) is 15.6 Å². The Kier molecular flexibility index (Phi) is 7.15. The quantitative estimate of drug-likeness (QED) is 0.379. The summed E-state index contributed by atoms with van der Waals surface area (Å²) in [5.74, 6) is -0.415. The standard InChI is InChI=1S/C27H23N3O4/c31-24-15-14-22(17-28-24)21-12-7-13-23(16-21)29-26(32)25(20-10-5-2-6-11-20)30-27(33)34-18-19-8-3-1-4-9-19/h1-17,25H,18H2,(H,28,31)(H,29,32)(H,30,33). The predicted molar refractivity (Wildman–Crippen MR) is 130 cm³/mol. The van der Waals surface area contributed by atoms with Crippen molar-refractivity contribution in [2.24, 2.45) is 0 Å². The molecule has 4 aromatic rings. The molecule has 34 heavy (non-hydrogen) atoms. The van der Waals surface area contributed by atoms with Gasteiger partial charge in [0.05, 0.1) is 0 Å². The van der Waals surface area contributed by atoms with Gasteiger partial charge in [0, 0.05) is 18.0 Å². The molecule has 0 saturated carbocycles. The van der Waals surface area contributed by atoms with Crippen molar-refractivity contribution in [1.82, 2.24) is 10.3 Å². The average molecular weight is 453 g/mol. The van der Waals surface area contributed by atoms with Crippen LogP contribution in [0.1, 0.15) is 17.2 Å². The molecule has 2 amide bonds. The van der Waals surface area contributed by atoms with Gasteiger partial charge in [0.1, 0.15) is 12.6 Å². The molecule has 0 radical (unpaired) electrons. The van der Waals surface area contributed by atoms with Crippen LogP contribution in [-0.2, 0) is 16.1 Å². The van der Waals surface area contributed by atoms with Crippen molar-refractivity contribution in [3.05, 3.63) is 125 Å². The van der Waals surface area contributed by atoms with Gasteiger partial charge in [0.15, 0.2) is 0 Å². The van der Waals surface area contributed by atoms with Gasteiger partial charge in [-0.15, -0.1) is 0 Å². The number of rotatable bonds is 7. The third-order valence-electron chi connectivity index (χ3n) is 5.12. The molecule has 1 heterocycles. The van der Waals surface area contributed by atoms with Crippen LogP contribution in [0.3, 0.4) is 0 Å². The van der Waals surface area contributed by atoms with Crippen molar-refractivity contribution in [2.75, 3.05) is 5.32 Å². The molecular weight excluding hydrogens is 430 g/mol. The predicted octanol–water partition coefficient (Wildman–Crippen LogP) is 4.65. The first-order valence-electron chi connectivity index (χ1n) is 10.7. The average Bonchev–Trinajstić information content (AvgIpc) is 2.88. The minimum atomic E-state index is -0.957. The summed E-state index contributed by atoms with van der Waals surface area (Å²) in [7, 11) is 0. The monoisotopic (exact) mass is 453 g/mol. The lowest BCUT2D eigenvalue weighted by atomic mass is 10.1. The first kappa shape index (κ1) is 22.5. The molecule has 7 heteroatoms. The number of nitrogens with one attached hydrogen (secondary N) is 3. The molecule has 0 fully saturated rings. The molecule has 0 saturated heterocycles. The van der Waals surface area contributed by atoms with Gasteiger partial charge in [-0.1, -0.05) is 72.8 Å². The zero-order valence-corrected chi connectivity index (χ0v) is 18.2. The molecular formula is C27H23N3O4. The largest absolute Gasteiger partial charge is 0.445 e. The topological polar surface area (TPSA) is 100 Å². The van der Waals surface area contributed by atoms with E-state index in [4.69, 9.17) is 4.74 Å². The first-order valence-corrected chi connectivity index (χ1v) is 10.7. The van der Waals surface area contributed by atoms with Crippen LogP contribution in [0.25, 0.3) is 11.1 Å². The second kappa shape index (κ2) is 10.8. The maximum atomic E-state index is 13.2. The van der Waals surface area contributed by atoms with Crippen molar-refractivity contribution < 1.29 is 14.3 Å². The Hall–Kier alpha value is -4.65. The summed E-state index contributed by atoms with van der Waals surface area (Å²) in [4.78, 5) is 39.6. The molecule has 0 bridgehead atoms. The SMILES string of the molecule is O=C(NC(C(=O)Nc1cccc(-c2ccc(=O)[nH]c2)c1)c1ccccc1)OCc1ccccc1. The van der Waals surface area contributed by atoms with Gasteiger partial charge >= 0.3 is 6.09 Å². The molecule has 7 nitrogen and oxygen atoms in total. The number of benzene rings is 3. The van der Waals surface area contributed by atoms with Gasteiger partial charge in [-0.3, -0.25) is 9.59 Å². The second-order valence-electron chi connectivity index (χ2n) is 7.56. The highest BCUT2D eigenvalue weighted by Crippen LogP contribution is 2.23. The number of amides is 2. The number of H-pyrrole nitrogens is 1. The number of hydrogen-bond donors (Lipinski definition) is 3. The maximum absolute atomic E-state index is 13.2. The Morgan fingerprint density at radius 1 is 0.824 bits per heavy atom. The second-order valence-corrected chi connectivity index (χ2v) is 7.56. The number of hydrogen-bond acceptors (Lipinski definition) is 4. The zero-order chi connectivity index (χ0) is 23.8. The normalized spacial score (nSPS) is 11.3. The molecule has 1 unspecified atom stereocenters. The minimum absolute atomic E-state index is 0.0943. The summed E-state index contributed by atoms with van der Waals surface area (Å²) < 4.78 is 5.31. The van der Waals surface area contributed by atoms with Crippen LogP contribution in [0.5, 0.6) is 0 Å². The minimum Gasteiger partial charge on any atom is -0.445 e. The van der Waals surface area contributed by atoms with Crippen LogP contribution in [0, 0.1) is 0 Å². The fraction of sp³-hybridized carbons (Fsp3) is 0.0741. The molecule has 0 spiro atoms. The lowest BCUT2D eigenvalue weighted by Crippen LogP contribution is -2.37. The highest BCUT2D eigenvalue weighted by atomic mass is 16.5. The summed E-state index contributed by atoms with van der Waals surface area (Å²) in [5, 5.41) is 5.52. The number of pyridine rings is 1. The Balaban J connectivity index is 1.49. The summed E-state index contributed by atoms with van der Waals surface area (Å²) >= 11 is 0. The zero-order valence-electron chi connectivity index (χ0n) is 18.2. The Morgan fingerprint density at radius 2 is 1.56 bits per heavy atom. The molecule has 3 N–H and O–H groups in total. The molecule has 3 aromatic carbocycles. The van der Waals surface area contributed by atoms with Crippen molar-refractivity contribution in [3.8, 4) is 11.1 Å². The summed E-state index contributed by atoms with van der Waals surface area (Å²) in [5.41, 5.74) is 3.45. The van der Waals surface area contributed by atoms with E-state index in [1.54, 1.807) is 54.7 Å². The third kappa shape index (κ3) is 5.98. The summed E-state index contributed by atoms with van der Waals surface area (Å²) in [6.07, 6.45) is 0.912. The number of carbonyl (C=O) groups excluding carboxylic acids is 2. The Morgan fingerprint density at radius 3 is 2.26 bits per heavy atom. The fourth-order valence-corrected chi connectivity index (χ4v) is 3.41. The van der Waals surface area contributed by atoms with Crippen LogP contribution in [0.2, 0.25) is 0 Å². The van der Waals surface area contributed by atoms with Crippen LogP contribution >= 0.6 is 0 Å². The first-order chi connectivity index (χ1) is 16.6. The van der Waals surface area contributed by atoms with Crippen LogP contribution in [0.15, 0.2) is 108 Å². The molecule has 0 aliphatic heterocycles. The molecule has 1 atom stereocenters. The maximum Gasteiger partial charge on any atom is 0.408 e. The summed E-state index contributed by atoms with van der Waals surface area (Å²) in [6.45, 7) is 0.0943. The van der Waals surface area contributed by atoms with E-state index in [0.717, 1.165) is 16.7 Å². The van der Waals surface area contributed by atoms with E-state index in [0.29, 0.717) is 11.3 Å². The number of alkyl carbamates (subject to hydrolysis) is 1. The third-order valence-corrected chi connectivity index (χ3v) is 5.12. The smallest absolute Gasteiger partial charge is 0.408 e. The van der Waals surface area contributed by atoms with E-state index in [-0.39, 0.29) is 12.2 Å². The molecule has 1 aromatic heterocycles. The van der Waals surface area contributed by atoms with Gasteiger partial charge in [-0.25, -0.2) is 4.79 Å². The Labute approximate surface area is 196 Å². The van der Waals surface area contributed by atoms with Crippen molar-refractivity contribution >= 4 is 17.7 Å². The van der Waals surface area contributed by atoms with Gasteiger partial charge in [0.25, 0.3) is 5.91 Å². The van der Waals surface area contributed by atoms with E-state index in [1.165, 1.54) is 6.07 Å². The number of aromatic amines is 1. The van der Waals surface area contributed by atoms with Gasteiger partial charge in [0.2, 0.25) is 5.56 Å². The van der Waals surface area contributed by atoms with Crippen molar-refractivity contribution in [1.29, 1.82) is 0 Å². The van der Waals surface area contributed by atoms with E-state index in [1.807, 2.05) is 42.5 Å². The summed E-state index contributed by atoms with van der Waals surface area (Å²) in [6, 6.07) is 27.7. The highest BCUT2D eigenvalue weighted by Gasteiger charge is 2.23. The van der Waals surface area contributed by atoms with Crippen LogP contribution in [-0.4, -0.2) is 17.0 Å². The lowest BCUT2D eigenvalue weighted by Gasteiger charge is -2.19. The van der Waals surface area contributed by atoms with Crippen molar-refractivity contribution in [3.63, 3.8) is 0 Å². The lowest BCUT2D eigenvalue weighted by molar-refractivity contribution is -0.118. The molecule has 170 valence electrons. The van der Waals surface area contributed by atoms with Crippen LogP contribution in [0.4, 0.5) is 10.5 Å². The Bertz CT molecular complexity index is 1300. The van der Waals surface area contributed by atoms with E-state index >= 15 is 0 Å². The molecule has 4 rings (SSSR count). The number of ether oxygens (including phenoxy) is 1. The van der Waals surface area contributed by atoms with Gasteiger partial charge < -0.3 is 20.4 Å². The fourth-order valence-electron chi connectivity index (χ4n) is 3.41.